The van der Waals surface area contributed by atoms with E-state index in [0.717, 1.165) is 34.9 Å². The van der Waals surface area contributed by atoms with Gasteiger partial charge in [-0.25, -0.2) is 4.68 Å². The van der Waals surface area contributed by atoms with Gasteiger partial charge in [0.25, 0.3) is 5.91 Å². The van der Waals surface area contributed by atoms with Crippen LogP contribution in [0.25, 0.3) is 0 Å². The van der Waals surface area contributed by atoms with Crippen LogP contribution in [0.1, 0.15) is 63.6 Å². The van der Waals surface area contributed by atoms with Crippen molar-refractivity contribution in [1.29, 1.82) is 0 Å². The maximum absolute atomic E-state index is 14.0. The topological polar surface area (TPSA) is 90.3 Å². The summed E-state index contributed by atoms with van der Waals surface area (Å²) in [4.78, 5) is 18.7. The van der Waals surface area contributed by atoms with Crippen molar-refractivity contribution in [3.05, 3.63) is 98.6 Å². The number of halogens is 2. The Morgan fingerprint density at radius 2 is 1.84 bits per heavy atom. The number of allylic oxidation sites excluding steroid dienone is 1. The summed E-state index contributed by atoms with van der Waals surface area (Å²) in [7, 11) is 0. The molecule has 0 saturated carbocycles. The Hall–Kier alpha value is -3.47. The number of amides is 1. The van der Waals surface area contributed by atoms with Crippen LogP contribution < -0.4 is 20.1 Å². The minimum atomic E-state index is -0.596. The van der Waals surface area contributed by atoms with Crippen molar-refractivity contribution in [1.82, 2.24) is 14.8 Å². The molecule has 1 atom stereocenters. The third kappa shape index (κ3) is 8.04. The molecule has 5 rings (SSSR count). The predicted molar refractivity (Wildman–Crippen MR) is 186 cm³/mol. The lowest BCUT2D eigenvalue weighted by Gasteiger charge is -2.29. The zero-order valence-electron chi connectivity index (χ0n) is 25.6. The van der Waals surface area contributed by atoms with E-state index in [0.29, 0.717) is 63.6 Å². The lowest BCUT2D eigenvalue weighted by Crippen LogP contribution is -2.31. The van der Waals surface area contributed by atoms with Gasteiger partial charge in [-0.15, -0.1) is 5.10 Å². The zero-order valence-corrected chi connectivity index (χ0v) is 28.8. The van der Waals surface area contributed by atoms with Crippen molar-refractivity contribution >= 4 is 56.8 Å². The fourth-order valence-corrected chi connectivity index (χ4v) is 6.81. The molecule has 0 aliphatic carbocycles. The van der Waals surface area contributed by atoms with Gasteiger partial charge < -0.3 is 20.1 Å². The Balaban J connectivity index is 1.52. The zero-order chi connectivity index (χ0) is 31.8. The van der Waals surface area contributed by atoms with Crippen LogP contribution in [0.5, 0.6) is 11.5 Å². The molecular weight excluding hydrogens is 674 g/mol. The van der Waals surface area contributed by atoms with Crippen molar-refractivity contribution in [2.45, 2.75) is 63.4 Å². The first-order valence-electron chi connectivity index (χ1n) is 15.2. The second kappa shape index (κ2) is 15.7. The Bertz CT molecular complexity index is 1660. The number of carbonyl (C=O) groups excluding carboxylic acids is 1. The normalized spacial score (nSPS) is 14.1. The molecule has 1 aliphatic rings. The lowest BCUT2D eigenvalue weighted by molar-refractivity contribution is -0.113. The number of rotatable bonds is 14. The van der Waals surface area contributed by atoms with Gasteiger partial charge in [-0.05, 0) is 77.7 Å². The number of hydrogen-bond acceptors (Lipinski definition) is 7. The lowest BCUT2D eigenvalue weighted by atomic mass is 9.94. The van der Waals surface area contributed by atoms with Gasteiger partial charge in [-0.3, -0.25) is 4.79 Å². The monoisotopic (exact) mass is 709 g/mol. The van der Waals surface area contributed by atoms with Crippen molar-refractivity contribution in [3.8, 4) is 11.5 Å². The minimum Gasteiger partial charge on any atom is -0.490 e. The van der Waals surface area contributed by atoms with Gasteiger partial charge in [0.2, 0.25) is 11.1 Å². The maximum Gasteiger partial charge on any atom is 0.255 e. The maximum atomic E-state index is 14.0. The average molecular weight is 711 g/mol. The molecular formula is C34H37BrClN5O3S. The minimum absolute atomic E-state index is 0.243. The Morgan fingerprint density at radius 1 is 1.07 bits per heavy atom. The summed E-state index contributed by atoms with van der Waals surface area (Å²) in [5.74, 6) is 2.16. The number of carbonyl (C=O) groups is 1. The molecule has 1 amide bonds. The van der Waals surface area contributed by atoms with Gasteiger partial charge in [0.15, 0.2) is 11.5 Å². The highest BCUT2D eigenvalue weighted by atomic mass is 79.9. The standard InChI is InChI=1S/C34H37BrClN5O3S/c1-4-6-7-13-18-44-31-26(35)19-24(20-28(31)43-5-2)30-29(32(42)38-25-15-9-8-10-16-25)22(3)37-33-39-34(40-41(30)33)45-21-23-14-11-12-17-27(23)36/h8-12,14-17,19-20,30H,4-7,13,18,21H2,1-3H3,(H,38,42)(H,37,39,40). The first-order valence-corrected chi connectivity index (χ1v) is 17.3. The van der Waals surface area contributed by atoms with Gasteiger partial charge in [0.05, 0.1) is 23.3 Å². The molecule has 2 heterocycles. The van der Waals surface area contributed by atoms with Gasteiger partial charge in [-0.1, -0.05) is 85.9 Å². The number of anilines is 2. The van der Waals surface area contributed by atoms with Crippen molar-refractivity contribution in [2.24, 2.45) is 0 Å². The van der Waals surface area contributed by atoms with Gasteiger partial charge >= 0.3 is 0 Å². The number of nitrogens with one attached hydrogen (secondary N) is 2. The molecule has 1 aromatic heterocycles. The molecule has 0 bridgehead atoms. The van der Waals surface area contributed by atoms with Crippen LogP contribution in [-0.4, -0.2) is 33.9 Å². The highest BCUT2D eigenvalue weighted by Gasteiger charge is 2.35. The van der Waals surface area contributed by atoms with E-state index in [4.69, 9.17) is 31.2 Å². The van der Waals surface area contributed by atoms with Crippen LogP contribution in [0.3, 0.4) is 0 Å². The SMILES string of the molecule is CCCCCCOc1c(Br)cc(C2C(C(=O)Nc3ccccc3)=C(C)Nc3nc(SCc4ccccc4Cl)nn32)cc1OCC. The number of benzene rings is 3. The number of aromatic nitrogens is 3. The molecule has 3 aromatic carbocycles. The summed E-state index contributed by atoms with van der Waals surface area (Å²) in [5.41, 5.74) is 3.69. The van der Waals surface area contributed by atoms with E-state index in [-0.39, 0.29) is 5.91 Å². The number of ether oxygens (including phenoxy) is 2. The highest BCUT2D eigenvalue weighted by molar-refractivity contribution is 9.10. The Kier molecular flexibility index (Phi) is 11.5. The molecule has 1 aliphatic heterocycles. The summed E-state index contributed by atoms with van der Waals surface area (Å²) < 4.78 is 14.8. The molecule has 236 valence electrons. The summed E-state index contributed by atoms with van der Waals surface area (Å²) in [5, 5.41) is 12.5. The van der Waals surface area contributed by atoms with Crippen molar-refractivity contribution < 1.29 is 14.3 Å². The summed E-state index contributed by atoms with van der Waals surface area (Å²) in [6.07, 6.45) is 4.41. The van der Waals surface area contributed by atoms with Crippen LogP contribution in [0, 0.1) is 0 Å². The second-order valence-corrected chi connectivity index (χ2v) is 12.8. The van der Waals surface area contributed by atoms with Gasteiger partial charge in [0.1, 0.15) is 6.04 Å². The third-order valence-corrected chi connectivity index (χ3v) is 9.16. The number of nitrogens with zero attached hydrogens (tertiary/aromatic N) is 3. The molecule has 1 unspecified atom stereocenters. The van der Waals surface area contributed by atoms with E-state index in [2.05, 4.69) is 33.5 Å². The van der Waals surface area contributed by atoms with E-state index >= 15 is 0 Å². The molecule has 0 spiro atoms. The van der Waals surface area contributed by atoms with Crippen LogP contribution in [-0.2, 0) is 10.5 Å². The molecule has 4 aromatic rings. The van der Waals surface area contributed by atoms with Crippen LogP contribution in [0.15, 0.2) is 87.6 Å². The number of hydrogen-bond donors (Lipinski definition) is 2. The van der Waals surface area contributed by atoms with Crippen molar-refractivity contribution in [2.75, 3.05) is 23.8 Å². The molecule has 0 radical (unpaired) electrons. The van der Waals surface area contributed by atoms with Crippen LogP contribution in [0.2, 0.25) is 5.02 Å². The molecule has 45 heavy (non-hydrogen) atoms. The third-order valence-electron chi connectivity index (χ3n) is 7.32. The molecule has 0 saturated heterocycles. The van der Waals surface area contributed by atoms with Crippen molar-refractivity contribution in [3.63, 3.8) is 0 Å². The Morgan fingerprint density at radius 3 is 2.60 bits per heavy atom. The number of thioether (sulfide) groups is 1. The van der Waals surface area contributed by atoms with Gasteiger partial charge in [-0.2, -0.15) is 4.98 Å². The van der Waals surface area contributed by atoms with Crippen LogP contribution >= 0.6 is 39.3 Å². The first kappa shape index (κ1) is 32.9. The van der Waals surface area contributed by atoms with E-state index < -0.39 is 6.04 Å². The molecule has 0 fully saturated rings. The number of fused-ring (bicyclic) bond motifs is 1. The van der Waals surface area contributed by atoms with Crippen LogP contribution in [0.4, 0.5) is 11.6 Å². The highest BCUT2D eigenvalue weighted by Crippen LogP contribution is 2.43. The average Bonchev–Trinajstić information content (AvgIpc) is 3.43. The summed E-state index contributed by atoms with van der Waals surface area (Å²) in [6.45, 7) is 7.07. The number of para-hydroxylation sites is 1. The van der Waals surface area contributed by atoms with E-state index in [1.807, 2.05) is 80.6 Å². The van der Waals surface area contributed by atoms with Gasteiger partial charge in [0, 0.05) is 22.2 Å². The number of unbranched alkanes of at least 4 members (excludes halogenated alkanes) is 3. The fraction of sp³-hybridized carbons (Fsp3) is 0.324. The molecule has 2 N–H and O–H groups in total. The largest absolute Gasteiger partial charge is 0.490 e. The van der Waals surface area contributed by atoms with E-state index in [9.17, 15) is 4.79 Å². The summed E-state index contributed by atoms with van der Waals surface area (Å²) in [6, 6.07) is 20.5. The Labute approximate surface area is 282 Å². The summed E-state index contributed by atoms with van der Waals surface area (Å²) >= 11 is 11.6. The molecule has 11 heteroatoms. The van der Waals surface area contributed by atoms with E-state index in [1.54, 1.807) is 4.68 Å². The fourth-order valence-electron chi connectivity index (χ4n) is 5.12. The molecule has 8 nitrogen and oxygen atoms in total. The quantitative estimate of drug-likeness (QED) is 0.0996. The second-order valence-electron chi connectivity index (χ2n) is 10.6. The predicted octanol–water partition coefficient (Wildman–Crippen LogP) is 9.27. The smallest absolute Gasteiger partial charge is 0.255 e. The first-order chi connectivity index (χ1) is 21.9. The van der Waals surface area contributed by atoms with E-state index in [1.165, 1.54) is 18.2 Å².